The van der Waals surface area contributed by atoms with E-state index in [1.807, 2.05) is 12.1 Å². The van der Waals surface area contributed by atoms with Gasteiger partial charge in [0.1, 0.15) is 17.4 Å². The number of hydrogen-bond donors (Lipinski definition) is 2. The molecule has 0 unspecified atom stereocenters. The summed E-state index contributed by atoms with van der Waals surface area (Å²) in [6.45, 7) is 0. The van der Waals surface area contributed by atoms with Crippen molar-refractivity contribution in [1.29, 1.82) is 5.26 Å². The number of fused-ring (bicyclic) bond motifs is 1. The van der Waals surface area contributed by atoms with Crippen molar-refractivity contribution >= 4 is 5.97 Å². The second-order valence-corrected chi connectivity index (χ2v) is 8.48. The van der Waals surface area contributed by atoms with Crippen molar-refractivity contribution in [3.05, 3.63) is 94.9 Å². The Balaban J connectivity index is 1.62. The standard InChI is InChI=1S/C29H24N4O6/c1-35-21-13-18(14-22(36-2)26(21)37-3)25-24-23(20(15-30)27(31)39-28(24)33-32-25)17-10-7-11-19(12-17)38-29(34)16-8-5-4-6-9-16/h4-14,23H,31H2,1-3H3,(H,32,33)/t23-/m0/s1. The average Bonchev–Trinajstić information content (AvgIpc) is 3.39. The molecule has 4 aromatic rings. The Hall–Kier alpha value is -5.43. The molecule has 5 rings (SSSR count). The third-order valence-corrected chi connectivity index (χ3v) is 6.30. The van der Waals surface area contributed by atoms with Gasteiger partial charge in [-0.15, -0.1) is 5.10 Å². The zero-order chi connectivity index (χ0) is 27.5. The van der Waals surface area contributed by atoms with Crippen LogP contribution in [0.15, 0.2) is 78.2 Å². The first kappa shape index (κ1) is 25.2. The summed E-state index contributed by atoms with van der Waals surface area (Å²) in [6, 6.07) is 21.3. The number of carbonyl (C=O) groups excluding carboxylic acids is 1. The molecule has 10 nitrogen and oxygen atoms in total. The normalized spacial score (nSPS) is 14.1. The number of H-pyrrole nitrogens is 1. The highest BCUT2D eigenvalue weighted by Gasteiger charge is 2.36. The molecule has 0 spiro atoms. The maximum atomic E-state index is 12.7. The summed E-state index contributed by atoms with van der Waals surface area (Å²) < 4.78 is 27.8. The molecule has 0 radical (unpaired) electrons. The number of esters is 1. The molecule has 3 aromatic carbocycles. The maximum absolute atomic E-state index is 12.7. The van der Waals surface area contributed by atoms with Gasteiger partial charge in [0.15, 0.2) is 11.5 Å². The van der Waals surface area contributed by atoms with Gasteiger partial charge in [0.2, 0.25) is 17.5 Å². The molecule has 196 valence electrons. The second-order valence-electron chi connectivity index (χ2n) is 8.48. The van der Waals surface area contributed by atoms with Crippen LogP contribution < -0.4 is 29.4 Å². The van der Waals surface area contributed by atoms with Crippen LogP contribution in [0.5, 0.6) is 28.9 Å². The summed E-state index contributed by atoms with van der Waals surface area (Å²) in [5, 5.41) is 17.4. The highest BCUT2D eigenvalue weighted by atomic mass is 16.5. The number of nitrogens with zero attached hydrogens (tertiary/aromatic N) is 2. The smallest absolute Gasteiger partial charge is 0.343 e. The lowest BCUT2D eigenvalue weighted by molar-refractivity contribution is 0.0734. The molecule has 0 saturated heterocycles. The quantitative estimate of drug-likeness (QED) is 0.263. The lowest BCUT2D eigenvalue weighted by Crippen LogP contribution is -2.21. The SMILES string of the molecule is COc1cc(-c2[nH]nc3c2[C@@H](c2cccc(OC(=O)c4ccccc4)c2)C(C#N)=C(N)O3)cc(OC)c1OC. The minimum Gasteiger partial charge on any atom is -0.493 e. The van der Waals surface area contributed by atoms with Gasteiger partial charge in [0.25, 0.3) is 0 Å². The number of nitrogens with two attached hydrogens (primary N) is 1. The average molecular weight is 525 g/mol. The molecule has 1 aromatic heterocycles. The van der Waals surface area contributed by atoms with Crippen molar-refractivity contribution in [2.45, 2.75) is 5.92 Å². The number of aromatic amines is 1. The first-order valence-electron chi connectivity index (χ1n) is 11.8. The fourth-order valence-corrected chi connectivity index (χ4v) is 4.52. The first-order chi connectivity index (χ1) is 19.0. The number of allylic oxidation sites excluding steroid dienone is 1. The van der Waals surface area contributed by atoms with E-state index >= 15 is 0 Å². The van der Waals surface area contributed by atoms with E-state index in [-0.39, 0.29) is 17.3 Å². The van der Waals surface area contributed by atoms with E-state index in [4.69, 9.17) is 29.4 Å². The minimum absolute atomic E-state index is 0.0652. The Morgan fingerprint density at radius 1 is 1.00 bits per heavy atom. The lowest BCUT2D eigenvalue weighted by atomic mass is 9.83. The summed E-state index contributed by atoms with van der Waals surface area (Å²) >= 11 is 0. The van der Waals surface area contributed by atoms with Crippen LogP contribution in [0, 0.1) is 11.3 Å². The van der Waals surface area contributed by atoms with E-state index in [9.17, 15) is 10.1 Å². The summed E-state index contributed by atoms with van der Waals surface area (Å²) in [6.07, 6.45) is 0. The van der Waals surface area contributed by atoms with E-state index < -0.39 is 11.9 Å². The number of ether oxygens (including phenoxy) is 5. The van der Waals surface area contributed by atoms with Crippen molar-refractivity contribution in [3.63, 3.8) is 0 Å². The van der Waals surface area contributed by atoms with Gasteiger partial charge < -0.3 is 29.4 Å². The Kier molecular flexibility index (Phi) is 6.80. The fourth-order valence-electron chi connectivity index (χ4n) is 4.52. The molecule has 1 atom stereocenters. The second kappa shape index (κ2) is 10.5. The van der Waals surface area contributed by atoms with E-state index in [1.54, 1.807) is 54.6 Å². The maximum Gasteiger partial charge on any atom is 0.343 e. The number of hydrogen-bond acceptors (Lipinski definition) is 9. The van der Waals surface area contributed by atoms with Crippen molar-refractivity contribution < 1.29 is 28.5 Å². The van der Waals surface area contributed by atoms with E-state index in [2.05, 4.69) is 16.3 Å². The lowest BCUT2D eigenvalue weighted by Gasteiger charge is -2.24. The van der Waals surface area contributed by atoms with E-state index in [0.717, 1.165) is 0 Å². The van der Waals surface area contributed by atoms with E-state index in [1.165, 1.54) is 21.3 Å². The number of aromatic nitrogens is 2. The molecule has 39 heavy (non-hydrogen) atoms. The predicted molar refractivity (Wildman–Crippen MR) is 141 cm³/mol. The number of nitriles is 1. The third-order valence-electron chi connectivity index (χ3n) is 6.30. The van der Waals surface area contributed by atoms with Crippen molar-refractivity contribution in [3.8, 4) is 46.2 Å². The largest absolute Gasteiger partial charge is 0.493 e. The van der Waals surface area contributed by atoms with Gasteiger partial charge in [-0.2, -0.15) is 5.26 Å². The van der Waals surface area contributed by atoms with Gasteiger partial charge in [-0.25, -0.2) is 4.79 Å². The Morgan fingerprint density at radius 2 is 1.72 bits per heavy atom. The zero-order valence-electron chi connectivity index (χ0n) is 21.3. The zero-order valence-corrected chi connectivity index (χ0v) is 21.3. The van der Waals surface area contributed by atoms with Crippen LogP contribution in [0.25, 0.3) is 11.3 Å². The van der Waals surface area contributed by atoms with Crippen LogP contribution in [-0.2, 0) is 0 Å². The summed E-state index contributed by atoms with van der Waals surface area (Å²) in [5.41, 5.74) is 9.16. The summed E-state index contributed by atoms with van der Waals surface area (Å²) in [5.74, 6) is 0.585. The number of benzene rings is 3. The van der Waals surface area contributed by atoms with Crippen molar-refractivity contribution in [2.24, 2.45) is 5.73 Å². The van der Waals surface area contributed by atoms with Gasteiger partial charge in [0, 0.05) is 5.56 Å². The Morgan fingerprint density at radius 3 is 2.36 bits per heavy atom. The van der Waals surface area contributed by atoms with E-state index in [0.29, 0.717) is 50.9 Å². The molecule has 1 aliphatic rings. The Bertz CT molecular complexity index is 1600. The summed E-state index contributed by atoms with van der Waals surface area (Å²) in [7, 11) is 4.57. The molecule has 3 N–H and O–H groups in total. The van der Waals surface area contributed by atoms with Crippen LogP contribution in [0.2, 0.25) is 0 Å². The molecular formula is C29H24N4O6. The fraction of sp³-hybridized carbons (Fsp3) is 0.138. The van der Waals surface area contributed by atoms with Crippen molar-refractivity contribution in [2.75, 3.05) is 21.3 Å². The van der Waals surface area contributed by atoms with Gasteiger partial charge in [-0.05, 0) is 42.0 Å². The monoisotopic (exact) mass is 524 g/mol. The van der Waals surface area contributed by atoms with Gasteiger partial charge >= 0.3 is 5.97 Å². The molecule has 0 aliphatic carbocycles. The molecule has 0 saturated carbocycles. The van der Waals surface area contributed by atoms with Crippen molar-refractivity contribution in [1.82, 2.24) is 10.2 Å². The van der Waals surface area contributed by atoms with Crippen LogP contribution in [0.3, 0.4) is 0 Å². The minimum atomic E-state index is -0.679. The molecule has 0 amide bonds. The van der Waals surface area contributed by atoms with Gasteiger partial charge in [-0.3, -0.25) is 5.10 Å². The molecule has 10 heteroatoms. The van der Waals surface area contributed by atoms with Crippen LogP contribution in [-0.4, -0.2) is 37.5 Å². The number of methoxy groups -OCH3 is 3. The van der Waals surface area contributed by atoms with Crippen LogP contribution in [0.1, 0.15) is 27.4 Å². The van der Waals surface area contributed by atoms with Gasteiger partial charge in [0.05, 0.1) is 44.1 Å². The molecule has 1 aliphatic heterocycles. The predicted octanol–water partition coefficient (Wildman–Crippen LogP) is 4.54. The summed E-state index contributed by atoms with van der Waals surface area (Å²) in [4.78, 5) is 12.7. The van der Waals surface area contributed by atoms with Crippen LogP contribution >= 0.6 is 0 Å². The van der Waals surface area contributed by atoms with Crippen LogP contribution in [0.4, 0.5) is 0 Å². The first-order valence-corrected chi connectivity index (χ1v) is 11.8. The molecule has 2 heterocycles. The highest BCUT2D eigenvalue weighted by Crippen LogP contribution is 2.48. The Labute approximate surface area is 224 Å². The topological polar surface area (TPSA) is 142 Å². The number of carbonyl (C=O) groups is 1. The molecular weight excluding hydrogens is 500 g/mol. The number of nitrogens with one attached hydrogen (secondary N) is 1. The third kappa shape index (κ3) is 4.57. The molecule has 0 bridgehead atoms. The molecule has 0 fully saturated rings. The van der Waals surface area contributed by atoms with Gasteiger partial charge in [-0.1, -0.05) is 30.3 Å². The highest BCUT2D eigenvalue weighted by molar-refractivity contribution is 5.91. The number of rotatable bonds is 7.